The predicted molar refractivity (Wildman–Crippen MR) is 208 cm³/mol. The number of carbonyl (C=O) groups excluding carboxylic acids is 2. The molecule has 1 atom stereocenters. The second-order valence-corrected chi connectivity index (χ2v) is 15.0. The Morgan fingerprint density at radius 1 is 0.449 bits per heavy atom. The van der Waals surface area contributed by atoms with E-state index in [0.717, 1.165) is 64.2 Å². The van der Waals surface area contributed by atoms with E-state index in [2.05, 4.69) is 19.2 Å². The highest BCUT2D eigenvalue weighted by molar-refractivity contribution is 5.80. The largest absolute Gasteiger partial charge is 0.480 e. The molecule has 6 nitrogen and oxygen atoms in total. The number of hydrogen-bond acceptors (Lipinski definition) is 4. The van der Waals surface area contributed by atoms with Gasteiger partial charge in [0.1, 0.15) is 12.6 Å². The minimum absolute atomic E-state index is 0.00833. The minimum atomic E-state index is -1.01. The molecule has 0 aromatic carbocycles. The standard InChI is InChI=1S/C43H83NO5/c1-3-5-7-9-11-13-15-17-18-19-21-23-25-30-34-38-43(48)49-40(35-31-27-24-22-20-16-14-12-10-8-6-4-2)36-32-28-26-29-33-37-41(45)44-39-42(46)47/h40H,3-39H2,1-2H3,(H,44,45)(H,46,47). The summed E-state index contributed by atoms with van der Waals surface area (Å²) >= 11 is 0. The third-order valence-electron chi connectivity index (χ3n) is 10.0. The first-order valence-corrected chi connectivity index (χ1v) is 21.7. The van der Waals surface area contributed by atoms with Gasteiger partial charge >= 0.3 is 11.9 Å². The van der Waals surface area contributed by atoms with E-state index < -0.39 is 5.97 Å². The molecule has 0 radical (unpaired) electrons. The number of aliphatic carboxylic acids is 1. The van der Waals surface area contributed by atoms with Crippen LogP contribution in [0.3, 0.4) is 0 Å². The Hall–Kier alpha value is -1.59. The zero-order chi connectivity index (χ0) is 35.9. The van der Waals surface area contributed by atoms with Gasteiger partial charge in [0.05, 0.1) is 0 Å². The van der Waals surface area contributed by atoms with E-state index in [1.807, 2.05) is 0 Å². The van der Waals surface area contributed by atoms with Crippen molar-refractivity contribution in [3.05, 3.63) is 0 Å². The van der Waals surface area contributed by atoms with E-state index in [1.165, 1.54) is 154 Å². The maximum absolute atomic E-state index is 12.7. The van der Waals surface area contributed by atoms with Crippen molar-refractivity contribution in [2.45, 2.75) is 251 Å². The van der Waals surface area contributed by atoms with Gasteiger partial charge in [-0.2, -0.15) is 0 Å². The lowest BCUT2D eigenvalue weighted by molar-refractivity contribution is -0.150. The van der Waals surface area contributed by atoms with Crippen molar-refractivity contribution >= 4 is 17.8 Å². The monoisotopic (exact) mass is 694 g/mol. The van der Waals surface area contributed by atoms with Crippen LogP contribution in [0, 0.1) is 0 Å². The maximum Gasteiger partial charge on any atom is 0.322 e. The number of carboxylic acid groups (broad SMARTS) is 1. The molecule has 0 fully saturated rings. The zero-order valence-electron chi connectivity index (χ0n) is 32.8. The molecule has 1 amide bonds. The van der Waals surface area contributed by atoms with E-state index >= 15 is 0 Å². The van der Waals surface area contributed by atoms with E-state index in [-0.39, 0.29) is 24.5 Å². The van der Waals surface area contributed by atoms with Gasteiger partial charge in [0.15, 0.2) is 0 Å². The maximum atomic E-state index is 12.7. The number of unbranched alkanes of at least 4 members (excludes halogenated alkanes) is 29. The molecule has 0 saturated carbocycles. The highest BCUT2D eigenvalue weighted by Gasteiger charge is 2.14. The van der Waals surface area contributed by atoms with Crippen LogP contribution < -0.4 is 5.32 Å². The molecule has 0 aliphatic heterocycles. The third kappa shape index (κ3) is 39.1. The molecule has 0 aliphatic carbocycles. The lowest BCUT2D eigenvalue weighted by Crippen LogP contribution is -2.28. The van der Waals surface area contributed by atoms with Crippen LogP contribution in [0.1, 0.15) is 245 Å². The molecule has 0 heterocycles. The minimum Gasteiger partial charge on any atom is -0.480 e. The molecule has 1 unspecified atom stereocenters. The highest BCUT2D eigenvalue weighted by atomic mass is 16.5. The van der Waals surface area contributed by atoms with Crippen LogP contribution in [-0.2, 0) is 19.1 Å². The topological polar surface area (TPSA) is 92.7 Å². The van der Waals surface area contributed by atoms with Crippen molar-refractivity contribution in [3.8, 4) is 0 Å². The SMILES string of the molecule is CCCCCCCCCCCCCCCCCC(=O)OC(CCCCCCCCCCCCCC)CCCCCCCC(=O)NCC(=O)O. The van der Waals surface area contributed by atoms with E-state index in [1.54, 1.807) is 0 Å². The Morgan fingerprint density at radius 2 is 0.755 bits per heavy atom. The first-order chi connectivity index (χ1) is 24.0. The van der Waals surface area contributed by atoms with Crippen molar-refractivity contribution in [3.63, 3.8) is 0 Å². The Bertz CT molecular complexity index is 727. The fraction of sp³-hybridized carbons (Fsp3) is 0.930. The fourth-order valence-electron chi connectivity index (χ4n) is 6.81. The third-order valence-corrected chi connectivity index (χ3v) is 10.0. The number of ether oxygens (including phenoxy) is 1. The first kappa shape index (κ1) is 47.4. The summed E-state index contributed by atoms with van der Waals surface area (Å²) in [6.07, 6.45) is 43.7. The predicted octanol–water partition coefficient (Wildman–Crippen LogP) is 13.2. The Morgan fingerprint density at radius 3 is 1.10 bits per heavy atom. The summed E-state index contributed by atoms with van der Waals surface area (Å²) in [5.41, 5.74) is 0. The molecule has 0 aliphatic rings. The quantitative estimate of drug-likeness (QED) is 0.0492. The van der Waals surface area contributed by atoms with Gasteiger partial charge < -0.3 is 15.2 Å². The summed E-state index contributed by atoms with van der Waals surface area (Å²) in [6, 6.07) is 0. The van der Waals surface area contributed by atoms with E-state index in [4.69, 9.17) is 9.84 Å². The number of esters is 1. The molecule has 0 aromatic heterocycles. The molecular formula is C43H83NO5. The number of amides is 1. The summed E-state index contributed by atoms with van der Waals surface area (Å²) in [7, 11) is 0. The fourth-order valence-corrected chi connectivity index (χ4v) is 6.81. The van der Waals surface area contributed by atoms with Crippen molar-refractivity contribution in [2.75, 3.05) is 6.54 Å². The van der Waals surface area contributed by atoms with Crippen LogP contribution in [-0.4, -0.2) is 35.6 Å². The van der Waals surface area contributed by atoms with Gasteiger partial charge in [0.25, 0.3) is 0 Å². The molecule has 6 heteroatoms. The zero-order valence-corrected chi connectivity index (χ0v) is 32.8. The number of rotatable bonds is 40. The lowest BCUT2D eigenvalue weighted by Gasteiger charge is -2.18. The molecule has 49 heavy (non-hydrogen) atoms. The molecule has 0 rings (SSSR count). The molecule has 290 valence electrons. The molecule has 0 saturated heterocycles. The van der Waals surface area contributed by atoms with Gasteiger partial charge in [-0.05, 0) is 38.5 Å². The van der Waals surface area contributed by atoms with Gasteiger partial charge in [-0.25, -0.2) is 0 Å². The van der Waals surface area contributed by atoms with Gasteiger partial charge in [0, 0.05) is 12.8 Å². The molecule has 2 N–H and O–H groups in total. The highest BCUT2D eigenvalue weighted by Crippen LogP contribution is 2.19. The average Bonchev–Trinajstić information content (AvgIpc) is 3.08. The Balaban J connectivity index is 4.10. The van der Waals surface area contributed by atoms with Crippen LogP contribution in [0.15, 0.2) is 0 Å². The number of carboxylic acids is 1. The van der Waals surface area contributed by atoms with Gasteiger partial charge in [-0.1, -0.05) is 194 Å². The number of carbonyl (C=O) groups is 3. The van der Waals surface area contributed by atoms with Gasteiger partial charge in [0.2, 0.25) is 5.91 Å². The molecular weight excluding hydrogens is 610 g/mol. The Kier molecular flexibility index (Phi) is 37.9. The van der Waals surface area contributed by atoms with Crippen molar-refractivity contribution in [1.29, 1.82) is 0 Å². The number of hydrogen-bond donors (Lipinski definition) is 2. The molecule has 0 spiro atoms. The normalized spacial score (nSPS) is 11.9. The van der Waals surface area contributed by atoms with Crippen LogP contribution in [0.2, 0.25) is 0 Å². The second-order valence-electron chi connectivity index (χ2n) is 15.0. The van der Waals surface area contributed by atoms with E-state index in [9.17, 15) is 14.4 Å². The number of nitrogens with one attached hydrogen (secondary N) is 1. The van der Waals surface area contributed by atoms with Crippen LogP contribution in [0.25, 0.3) is 0 Å². The lowest BCUT2D eigenvalue weighted by atomic mass is 10.0. The summed E-state index contributed by atoms with van der Waals surface area (Å²) in [5, 5.41) is 11.1. The van der Waals surface area contributed by atoms with Crippen LogP contribution in [0.4, 0.5) is 0 Å². The summed E-state index contributed by atoms with van der Waals surface area (Å²) < 4.78 is 6.04. The van der Waals surface area contributed by atoms with Crippen LogP contribution in [0.5, 0.6) is 0 Å². The van der Waals surface area contributed by atoms with Crippen molar-refractivity contribution in [1.82, 2.24) is 5.32 Å². The second kappa shape index (κ2) is 39.2. The van der Waals surface area contributed by atoms with Crippen molar-refractivity contribution in [2.24, 2.45) is 0 Å². The van der Waals surface area contributed by atoms with E-state index in [0.29, 0.717) is 12.8 Å². The van der Waals surface area contributed by atoms with Crippen molar-refractivity contribution < 1.29 is 24.2 Å². The van der Waals surface area contributed by atoms with Gasteiger partial charge in [-0.15, -0.1) is 0 Å². The average molecular weight is 694 g/mol. The molecule has 0 aromatic rings. The smallest absolute Gasteiger partial charge is 0.322 e. The summed E-state index contributed by atoms with van der Waals surface area (Å²) in [4.78, 5) is 35.0. The summed E-state index contributed by atoms with van der Waals surface area (Å²) in [5.74, 6) is -1.21. The van der Waals surface area contributed by atoms with Crippen LogP contribution >= 0.6 is 0 Å². The Labute approximate surface area is 304 Å². The van der Waals surface area contributed by atoms with Gasteiger partial charge in [-0.3, -0.25) is 14.4 Å². The molecule has 0 bridgehead atoms. The first-order valence-electron chi connectivity index (χ1n) is 21.7. The summed E-state index contributed by atoms with van der Waals surface area (Å²) in [6.45, 7) is 4.25.